The van der Waals surface area contributed by atoms with E-state index >= 15 is 0 Å². The van der Waals surface area contributed by atoms with Crippen LogP contribution in [0.1, 0.15) is 31.4 Å². The van der Waals surface area contributed by atoms with Gasteiger partial charge in [-0.15, -0.1) is 40.8 Å². The number of nitrogens with zero attached hydrogens (tertiary/aromatic N) is 5. The van der Waals surface area contributed by atoms with E-state index in [1.165, 1.54) is 12.8 Å². The summed E-state index contributed by atoms with van der Waals surface area (Å²) < 4.78 is 1.98. The van der Waals surface area contributed by atoms with Gasteiger partial charge >= 0.3 is 0 Å². The zero-order valence-corrected chi connectivity index (χ0v) is 16.1. The molecule has 7 heteroatoms. The molecule has 124 valence electrons. The molecule has 0 radical (unpaired) electrons. The van der Waals surface area contributed by atoms with Gasteiger partial charge in [-0.1, -0.05) is 13.0 Å². The molecule has 2 rings (SSSR count). The van der Waals surface area contributed by atoms with Crippen molar-refractivity contribution in [1.82, 2.24) is 25.0 Å². The van der Waals surface area contributed by atoms with E-state index in [0.29, 0.717) is 6.54 Å². The van der Waals surface area contributed by atoms with Crippen LogP contribution >= 0.6 is 24.0 Å². The van der Waals surface area contributed by atoms with Crippen LogP contribution in [0.15, 0.2) is 17.6 Å². The fraction of sp³-hybridized carbons (Fsp3) is 0.667. The lowest BCUT2D eigenvalue weighted by Crippen LogP contribution is -2.45. The number of hydrogen-bond donors (Lipinski definition) is 1. The second-order valence-electron chi connectivity index (χ2n) is 5.70. The molecule has 6 nitrogen and oxygen atoms in total. The van der Waals surface area contributed by atoms with Crippen molar-refractivity contribution in [2.75, 3.05) is 19.6 Å². The van der Waals surface area contributed by atoms with Crippen LogP contribution in [0.3, 0.4) is 0 Å². The van der Waals surface area contributed by atoms with Crippen molar-refractivity contribution in [1.29, 1.82) is 0 Å². The fourth-order valence-electron chi connectivity index (χ4n) is 2.39. The molecule has 0 amide bonds. The predicted octanol–water partition coefficient (Wildman–Crippen LogP) is 2.11. The molecular formula is C15H27IN6. The van der Waals surface area contributed by atoms with Gasteiger partial charge < -0.3 is 14.8 Å². The van der Waals surface area contributed by atoms with Crippen LogP contribution < -0.4 is 5.32 Å². The number of nitrogens with one attached hydrogen (secondary N) is 1. The summed E-state index contributed by atoms with van der Waals surface area (Å²) in [5, 5.41) is 11.6. The van der Waals surface area contributed by atoms with Crippen molar-refractivity contribution in [3.05, 3.63) is 24.3 Å². The summed E-state index contributed by atoms with van der Waals surface area (Å²) in [6.45, 7) is 11.4. The van der Waals surface area contributed by atoms with Crippen molar-refractivity contribution in [2.45, 2.75) is 33.2 Å². The Morgan fingerprint density at radius 3 is 2.64 bits per heavy atom. The maximum atomic E-state index is 4.71. The van der Waals surface area contributed by atoms with Gasteiger partial charge in [0.25, 0.3) is 0 Å². The Morgan fingerprint density at radius 2 is 2.09 bits per heavy atom. The van der Waals surface area contributed by atoms with Gasteiger partial charge in [0.2, 0.25) is 0 Å². The van der Waals surface area contributed by atoms with Gasteiger partial charge in [0.15, 0.2) is 11.8 Å². The average Bonchev–Trinajstić information content (AvgIpc) is 2.80. The molecule has 22 heavy (non-hydrogen) atoms. The van der Waals surface area contributed by atoms with Gasteiger partial charge in [0, 0.05) is 26.7 Å². The summed E-state index contributed by atoms with van der Waals surface area (Å²) in [6, 6.07) is 0. The largest absolute Gasteiger partial charge is 0.353 e. The first-order chi connectivity index (χ1) is 10.1. The number of rotatable bonds is 4. The van der Waals surface area contributed by atoms with E-state index in [1.54, 1.807) is 0 Å². The zero-order valence-electron chi connectivity index (χ0n) is 13.7. The second-order valence-corrected chi connectivity index (χ2v) is 5.70. The van der Waals surface area contributed by atoms with Crippen molar-refractivity contribution in [2.24, 2.45) is 18.0 Å². The van der Waals surface area contributed by atoms with Crippen LogP contribution in [-0.2, 0) is 13.6 Å². The van der Waals surface area contributed by atoms with Crippen LogP contribution in [0.5, 0.6) is 0 Å². The Labute approximate surface area is 150 Å². The average molecular weight is 418 g/mol. The predicted molar refractivity (Wildman–Crippen MR) is 100 cm³/mol. The Balaban J connectivity index is 0.00000242. The van der Waals surface area contributed by atoms with Crippen LogP contribution in [0.2, 0.25) is 0 Å². The molecule has 1 aromatic rings. The van der Waals surface area contributed by atoms with Crippen LogP contribution in [-0.4, -0.2) is 45.3 Å². The van der Waals surface area contributed by atoms with Gasteiger partial charge in [-0.05, 0) is 25.7 Å². The second kappa shape index (κ2) is 9.12. The van der Waals surface area contributed by atoms with E-state index in [2.05, 4.69) is 33.9 Å². The van der Waals surface area contributed by atoms with Crippen molar-refractivity contribution in [3.63, 3.8) is 0 Å². The van der Waals surface area contributed by atoms with Crippen LogP contribution in [0, 0.1) is 12.8 Å². The standard InChI is InChI=1S/C15H26N6.HI/c1-5-8-16-15(21-9-6-12(2)7-10-21)17-11-14-19-18-13(3)20(14)4;/h5,12H,1,6-11H2,2-4H3,(H,16,17);1H. The molecular weight excluding hydrogens is 391 g/mol. The zero-order chi connectivity index (χ0) is 15.2. The topological polar surface area (TPSA) is 58.3 Å². The summed E-state index contributed by atoms with van der Waals surface area (Å²) in [7, 11) is 1.97. The lowest BCUT2D eigenvalue weighted by Gasteiger charge is -2.32. The fourth-order valence-corrected chi connectivity index (χ4v) is 2.39. The van der Waals surface area contributed by atoms with E-state index in [9.17, 15) is 0 Å². The van der Waals surface area contributed by atoms with E-state index in [1.807, 2.05) is 24.6 Å². The molecule has 0 spiro atoms. The molecule has 2 heterocycles. The maximum absolute atomic E-state index is 4.71. The van der Waals surface area contributed by atoms with Crippen molar-refractivity contribution < 1.29 is 0 Å². The molecule has 1 aliphatic rings. The number of likely N-dealkylation sites (tertiary alicyclic amines) is 1. The molecule has 0 unspecified atom stereocenters. The molecule has 0 saturated carbocycles. The van der Waals surface area contributed by atoms with Crippen LogP contribution in [0.25, 0.3) is 0 Å². The third-order valence-electron chi connectivity index (χ3n) is 4.04. The first-order valence-electron chi connectivity index (χ1n) is 7.60. The molecule has 1 fully saturated rings. The Hall–Kier alpha value is -1.12. The third-order valence-corrected chi connectivity index (χ3v) is 4.04. The number of aliphatic imine (C=N–C) groups is 1. The van der Waals surface area contributed by atoms with Gasteiger partial charge in [-0.3, -0.25) is 0 Å². The highest BCUT2D eigenvalue weighted by molar-refractivity contribution is 14.0. The third kappa shape index (κ3) is 4.96. The quantitative estimate of drug-likeness (QED) is 0.352. The number of piperidine rings is 1. The van der Waals surface area contributed by atoms with Gasteiger partial charge in [0.1, 0.15) is 12.4 Å². The highest BCUT2D eigenvalue weighted by Crippen LogP contribution is 2.16. The smallest absolute Gasteiger partial charge is 0.194 e. The monoisotopic (exact) mass is 418 g/mol. The number of guanidine groups is 1. The molecule has 1 aromatic heterocycles. The number of halogens is 1. The Bertz CT molecular complexity index is 502. The van der Waals surface area contributed by atoms with Crippen molar-refractivity contribution >= 4 is 29.9 Å². The van der Waals surface area contributed by atoms with E-state index in [0.717, 1.165) is 43.2 Å². The van der Waals surface area contributed by atoms with Crippen molar-refractivity contribution in [3.8, 4) is 0 Å². The summed E-state index contributed by atoms with van der Waals surface area (Å²) in [5.74, 6) is 3.55. The Morgan fingerprint density at radius 1 is 1.41 bits per heavy atom. The molecule has 1 N–H and O–H groups in total. The highest BCUT2D eigenvalue weighted by atomic mass is 127. The highest BCUT2D eigenvalue weighted by Gasteiger charge is 2.18. The SMILES string of the molecule is C=CCNC(=NCc1nnc(C)n1C)N1CCC(C)CC1.I. The lowest BCUT2D eigenvalue weighted by atomic mass is 10.00. The van der Waals surface area contributed by atoms with Crippen LogP contribution in [0.4, 0.5) is 0 Å². The van der Waals surface area contributed by atoms with E-state index in [4.69, 9.17) is 4.99 Å². The van der Waals surface area contributed by atoms with Gasteiger partial charge in [-0.2, -0.15) is 0 Å². The molecule has 0 bridgehead atoms. The summed E-state index contributed by atoms with van der Waals surface area (Å²) in [5.41, 5.74) is 0. The van der Waals surface area contributed by atoms with Gasteiger partial charge in [0.05, 0.1) is 0 Å². The summed E-state index contributed by atoms with van der Waals surface area (Å²) >= 11 is 0. The molecule has 0 aromatic carbocycles. The first kappa shape index (κ1) is 18.9. The minimum absolute atomic E-state index is 0. The lowest BCUT2D eigenvalue weighted by molar-refractivity contribution is 0.273. The first-order valence-corrected chi connectivity index (χ1v) is 7.60. The maximum Gasteiger partial charge on any atom is 0.194 e. The minimum Gasteiger partial charge on any atom is -0.353 e. The minimum atomic E-state index is 0. The molecule has 1 aliphatic heterocycles. The molecule has 0 aliphatic carbocycles. The summed E-state index contributed by atoms with van der Waals surface area (Å²) in [6.07, 6.45) is 4.30. The van der Waals surface area contributed by atoms with Gasteiger partial charge in [-0.25, -0.2) is 4.99 Å². The Kier molecular flexibility index (Phi) is 7.84. The summed E-state index contributed by atoms with van der Waals surface area (Å²) in [4.78, 5) is 7.04. The number of aryl methyl sites for hydroxylation is 1. The molecule has 1 saturated heterocycles. The van der Waals surface area contributed by atoms with E-state index < -0.39 is 0 Å². The number of aromatic nitrogens is 3. The van der Waals surface area contributed by atoms with E-state index in [-0.39, 0.29) is 24.0 Å². The number of hydrogen-bond acceptors (Lipinski definition) is 3. The normalized spacial score (nSPS) is 16.3. The molecule has 0 atom stereocenters.